The number of ether oxygens (including phenoxy) is 2. The maximum Gasteiger partial charge on any atom is 0.412 e. The summed E-state index contributed by atoms with van der Waals surface area (Å²) < 4.78 is 12.8. The number of carbonyl (C=O) groups is 2. The first kappa shape index (κ1) is 25.1. The van der Waals surface area contributed by atoms with Crippen LogP contribution in [0.4, 0.5) is 10.5 Å². The number of anilines is 1. The molecule has 0 unspecified atom stereocenters. The number of carboxylic acid groups (broad SMARTS) is 1. The lowest BCUT2D eigenvalue weighted by atomic mass is 9.99. The lowest BCUT2D eigenvalue weighted by molar-refractivity contribution is -0.131. The quantitative estimate of drug-likeness (QED) is 0.198. The predicted molar refractivity (Wildman–Crippen MR) is 137 cm³/mol. The molecule has 0 heterocycles. The molecule has 0 aromatic heterocycles. The Morgan fingerprint density at radius 2 is 1.68 bits per heavy atom. The summed E-state index contributed by atoms with van der Waals surface area (Å²) in [6.45, 7) is 0. The maximum absolute atomic E-state index is 12.8. The van der Waals surface area contributed by atoms with Crippen molar-refractivity contribution in [3.8, 4) is 11.5 Å². The second kappa shape index (κ2) is 12.6. The SMILES string of the molecule is O=C(O)/C=C/CC[C@@H](Oc1ccccc1)[C@H](OC(=O)Nc1ccccc1)c1cc(I)ccc1O. The predicted octanol–water partition coefficient (Wildman–Crippen LogP) is 6.16. The summed E-state index contributed by atoms with van der Waals surface area (Å²) in [6.07, 6.45) is 0.849. The molecule has 0 bridgehead atoms. The van der Waals surface area contributed by atoms with Crippen LogP contribution < -0.4 is 10.1 Å². The van der Waals surface area contributed by atoms with Crippen molar-refractivity contribution >= 4 is 40.3 Å². The highest BCUT2D eigenvalue weighted by Gasteiger charge is 2.31. The summed E-state index contributed by atoms with van der Waals surface area (Å²) >= 11 is 2.11. The Hall–Kier alpha value is -3.53. The Bertz CT molecular complexity index is 1120. The highest BCUT2D eigenvalue weighted by molar-refractivity contribution is 14.1. The largest absolute Gasteiger partial charge is 0.508 e. The number of amides is 1. The van der Waals surface area contributed by atoms with Gasteiger partial charge in [-0.05, 0) is 77.9 Å². The standard InChI is InChI=1S/C26H24INO6/c27-18-15-16-22(29)21(17-18)25(34-26(32)28-19-9-3-1-4-10-19)23(13-7-8-14-24(30)31)33-20-11-5-2-6-12-20/h1-6,8-12,14-17,23,25,29H,7,13H2,(H,28,32)(H,30,31)/b14-8+/t23-,25-/m1/s1. The highest BCUT2D eigenvalue weighted by atomic mass is 127. The van der Waals surface area contributed by atoms with Gasteiger partial charge in [0.2, 0.25) is 0 Å². The minimum absolute atomic E-state index is 0.0410. The Morgan fingerprint density at radius 1 is 1.00 bits per heavy atom. The third-order valence-corrected chi connectivity index (χ3v) is 5.47. The van der Waals surface area contributed by atoms with Gasteiger partial charge >= 0.3 is 12.1 Å². The molecular weight excluding hydrogens is 549 g/mol. The van der Waals surface area contributed by atoms with Crippen LogP contribution in [0.5, 0.6) is 11.5 Å². The van der Waals surface area contributed by atoms with Crippen LogP contribution in [-0.4, -0.2) is 28.4 Å². The Kier molecular flexibility index (Phi) is 9.33. The van der Waals surface area contributed by atoms with E-state index >= 15 is 0 Å². The summed E-state index contributed by atoms with van der Waals surface area (Å²) in [5.74, 6) is -0.539. The number of hydrogen-bond donors (Lipinski definition) is 3. The first-order valence-electron chi connectivity index (χ1n) is 10.5. The third-order valence-electron chi connectivity index (χ3n) is 4.80. The van der Waals surface area contributed by atoms with E-state index < -0.39 is 24.3 Å². The van der Waals surface area contributed by atoms with Crippen LogP contribution >= 0.6 is 22.6 Å². The van der Waals surface area contributed by atoms with Crippen LogP contribution in [0.1, 0.15) is 24.5 Å². The Morgan fingerprint density at radius 3 is 2.35 bits per heavy atom. The van der Waals surface area contributed by atoms with E-state index in [-0.39, 0.29) is 5.75 Å². The van der Waals surface area contributed by atoms with E-state index in [1.807, 2.05) is 24.3 Å². The molecule has 7 nitrogen and oxygen atoms in total. The molecule has 34 heavy (non-hydrogen) atoms. The number of aromatic hydroxyl groups is 1. The molecule has 3 N–H and O–H groups in total. The highest BCUT2D eigenvalue weighted by Crippen LogP contribution is 2.35. The second-order valence-electron chi connectivity index (χ2n) is 7.31. The maximum atomic E-state index is 12.8. The van der Waals surface area contributed by atoms with Gasteiger partial charge in [-0.1, -0.05) is 42.5 Å². The number of phenols is 1. The van der Waals surface area contributed by atoms with Crippen molar-refractivity contribution < 1.29 is 29.3 Å². The summed E-state index contributed by atoms with van der Waals surface area (Å²) in [4.78, 5) is 23.7. The van der Waals surface area contributed by atoms with Crippen molar-refractivity contribution in [2.75, 3.05) is 5.32 Å². The number of para-hydroxylation sites is 2. The molecule has 3 aromatic rings. The summed E-state index contributed by atoms with van der Waals surface area (Å²) in [5.41, 5.74) is 0.946. The smallest absolute Gasteiger partial charge is 0.412 e. The fourth-order valence-electron chi connectivity index (χ4n) is 3.27. The number of hydrogen-bond acceptors (Lipinski definition) is 5. The summed E-state index contributed by atoms with van der Waals surface area (Å²) in [5, 5.41) is 22.2. The molecule has 2 atom stereocenters. The molecule has 3 aromatic carbocycles. The first-order valence-corrected chi connectivity index (χ1v) is 11.6. The fourth-order valence-corrected chi connectivity index (χ4v) is 3.78. The molecule has 8 heteroatoms. The van der Waals surface area contributed by atoms with Crippen molar-refractivity contribution in [3.63, 3.8) is 0 Å². The molecule has 0 aliphatic heterocycles. The van der Waals surface area contributed by atoms with E-state index in [1.165, 1.54) is 12.1 Å². The zero-order valence-corrected chi connectivity index (χ0v) is 20.3. The van der Waals surface area contributed by atoms with Gasteiger partial charge in [-0.25, -0.2) is 9.59 Å². The molecule has 0 saturated carbocycles. The molecule has 0 radical (unpaired) electrons. The van der Waals surface area contributed by atoms with Crippen LogP contribution in [0.3, 0.4) is 0 Å². The molecule has 0 aliphatic carbocycles. The lowest BCUT2D eigenvalue weighted by Crippen LogP contribution is -2.31. The minimum atomic E-state index is -1.05. The van der Waals surface area contributed by atoms with Gasteiger partial charge in [-0.2, -0.15) is 0 Å². The van der Waals surface area contributed by atoms with Crippen LogP contribution in [0, 0.1) is 3.57 Å². The Labute approximate surface area is 211 Å². The van der Waals surface area contributed by atoms with Crippen molar-refractivity contribution in [2.45, 2.75) is 25.0 Å². The lowest BCUT2D eigenvalue weighted by Gasteiger charge is -2.28. The number of carboxylic acids is 1. The van der Waals surface area contributed by atoms with Gasteiger partial charge in [0.1, 0.15) is 17.6 Å². The summed E-state index contributed by atoms with van der Waals surface area (Å²) in [6, 6.07) is 22.9. The van der Waals surface area contributed by atoms with E-state index in [1.54, 1.807) is 48.5 Å². The number of aliphatic carboxylic acids is 1. The van der Waals surface area contributed by atoms with E-state index in [2.05, 4.69) is 27.9 Å². The van der Waals surface area contributed by atoms with E-state index in [4.69, 9.17) is 14.6 Å². The van der Waals surface area contributed by atoms with Gasteiger partial charge in [0.25, 0.3) is 0 Å². The van der Waals surface area contributed by atoms with Crippen LogP contribution in [-0.2, 0) is 9.53 Å². The topological polar surface area (TPSA) is 105 Å². The molecule has 0 fully saturated rings. The molecular formula is C26H24INO6. The van der Waals surface area contributed by atoms with E-state index in [0.717, 1.165) is 9.65 Å². The first-order chi connectivity index (χ1) is 16.4. The van der Waals surface area contributed by atoms with Crippen molar-refractivity contribution in [1.82, 2.24) is 0 Å². The Balaban J connectivity index is 1.92. The molecule has 0 saturated heterocycles. The normalized spacial score (nSPS) is 12.6. The molecule has 0 spiro atoms. The fraction of sp³-hybridized carbons (Fsp3) is 0.154. The number of halogens is 1. The molecule has 3 rings (SSSR count). The minimum Gasteiger partial charge on any atom is -0.508 e. The number of phenolic OH excluding ortho intramolecular Hbond substituents is 1. The van der Waals surface area contributed by atoms with Gasteiger partial charge in [0, 0.05) is 20.9 Å². The van der Waals surface area contributed by atoms with Gasteiger partial charge in [0.15, 0.2) is 6.10 Å². The average Bonchev–Trinajstić information content (AvgIpc) is 2.82. The zero-order chi connectivity index (χ0) is 24.3. The van der Waals surface area contributed by atoms with Crippen molar-refractivity contribution in [1.29, 1.82) is 0 Å². The van der Waals surface area contributed by atoms with Crippen molar-refractivity contribution in [3.05, 3.63) is 100 Å². The van der Waals surface area contributed by atoms with Gasteiger partial charge in [-0.15, -0.1) is 0 Å². The van der Waals surface area contributed by atoms with Crippen molar-refractivity contribution in [2.24, 2.45) is 0 Å². The van der Waals surface area contributed by atoms with Gasteiger partial charge in [0.05, 0.1) is 0 Å². The second-order valence-corrected chi connectivity index (χ2v) is 8.55. The van der Waals surface area contributed by atoms with E-state index in [9.17, 15) is 14.7 Å². The van der Waals surface area contributed by atoms with Crippen LogP contribution in [0.15, 0.2) is 91.0 Å². The average molecular weight is 573 g/mol. The monoisotopic (exact) mass is 573 g/mol. The zero-order valence-electron chi connectivity index (χ0n) is 18.1. The van der Waals surface area contributed by atoms with Gasteiger partial charge < -0.3 is 19.7 Å². The number of allylic oxidation sites excluding steroid dienone is 1. The summed E-state index contributed by atoms with van der Waals surface area (Å²) in [7, 11) is 0. The number of nitrogens with one attached hydrogen (secondary N) is 1. The van der Waals surface area contributed by atoms with E-state index in [0.29, 0.717) is 29.8 Å². The number of carbonyl (C=O) groups excluding carboxylic acids is 1. The molecule has 0 aliphatic rings. The number of rotatable bonds is 10. The van der Waals surface area contributed by atoms with Crippen LogP contribution in [0.25, 0.3) is 0 Å². The van der Waals surface area contributed by atoms with Crippen LogP contribution in [0.2, 0.25) is 0 Å². The third kappa shape index (κ3) is 7.80. The molecule has 1 amide bonds. The number of benzene rings is 3. The molecule has 176 valence electrons. The van der Waals surface area contributed by atoms with Gasteiger partial charge in [-0.3, -0.25) is 5.32 Å².